The highest BCUT2D eigenvalue weighted by molar-refractivity contribution is 7.85. The van der Waals surface area contributed by atoms with Crippen molar-refractivity contribution in [2.45, 2.75) is 17.2 Å². The van der Waals surface area contributed by atoms with Gasteiger partial charge in [0, 0.05) is 59.9 Å². The fraction of sp³-hybridized carbons (Fsp3) is 0.229. The molecule has 8 nitrogen and oxygen atoms in total. The molecular formula is C35H30F4N2O6S. The Bertz CT molecular complexity index is 2020. The largest absolute Gasteiger partial charge is 0.508 e. The van der Waals surface area contributed by atoms with Crippen molar-refractivity contribution in [2.24, 2.45) is 5.92 Å². The minimum atomic E-state index is -4.50. The molecule has 1 saturated heterocycles. The quantitative estimate of drug-likeness (QED) is 0.136. The Morgan fingerprint density at radius 3 is 2.31 bits per heavy atom. The van der Waals surface area contributed by atoms with E-state index in [1.807, 2.05) is 12.1 Å². The zero-order valence-corrected chi connectivity index (χ0v) is 26.1. The SMILES string of the molecule is O=S(=O)(O)c1ccccc1.Oc1ccc2c3c(cnc2c1)-c1ccc(C(F)(F)F)cc1OC3c1ccc(OCCN2CC(CF)C2)cc1. The minimum Gasteiger partial charge on any atom is -0.508 e. The Morgan fingerprint density at radius 1 is 0.938 bits per heavy atom. The van der Waals surface area contributed by atoms with E-state index in [-0.39, 0.29) is 29.0 Å². The van der Waals surface area contributed by atoms with Gasteiger partial charge >= 0.3 is 6.18 Å². The van der Waals surface area contributed by atoms with Crippen molar-refractivity contribution in [3.63, 3.8) is 0 Å². The molecule has 5 aromatic rings. The zero-order valence-electron chi connectivity index (χ0n) is 25.3. The molecule has 3 heterocycles. The first-order valence-electron chi connectivity index (χ1n) is 14.9. The van der Waals surface area contributed by atoms with E-state index in [2.05, 4.69) is 9.88 Å². The number of ether oxygens (including phenoxy) is 2. The van der Waals surface area contributed by atoms with Gasteiger partial charge in [-0.15, -0.1) is 0 Å². The van der Waals surface area contributed by atoms with Crippen LogP contribution in [0.15, 0.2) is 102 Å². The summed E-state index contributed by atoms with van der Waals surface area (Å²) < 4.78 is 94.3. The van der Waals surface area contributed by atoms with Crippen LogP contribution < -0.4 is 9.47 Å². The molecular weight excluding hydrogens is 652 g/mol. The van der Waals surface area contributed by atoms with E-state index < -0.39 is 28.0 Å². The fourth-order valence-corrected chi connectivity index (χ4v) is 6.22. The van der Waals surface area contributed by atoms with Crippen LogP contribution in [-0.2, 0) is 16.3 Å². The summed E-state index contributed by atoms with van der Waals surface area (Å²) in [6.45, 7) is 2.38. The second kappa shape index (κ2) is 13.4. The number of benzene rings is 4. The van der Waals surface area contributed by atoms with Crippen LogP contribution in [-0.4, -0.2) is 60.9 Å². The topological polar surface area (TPSA) is 109 Å². The third-order valence-corrected chi connectivity index (χ3v) is 9.02. The molecule has 250 valence electrons. The maximum Gasteiger partial charge on any atom is 0.416 e. The predicted octanol–water partition coefficient (Wildman–Crippen LogP) is 7.32. The van der Waals surface area contributed by atoms with E-state index in [0.717, 1.165) is 41.7 Å². The number of phenols is 1. The van der Waals surface area contributed by atoms with Gasteiger partial charge in [-0.3, -0.25) is 18.8 Å². The molecule has 7 rings (SSSR count). The number of rotatable bonds is 7. The lowest BCUT2D eigenvalue weighted by Gasteiger charge is -2.37. The second-order valence-corrected chi connectivity index (χ2v) is 12.9. The van der Waals surface area contributed by atoms with Crippen LogP contribution in [0.3, 0.4) is 0 Å². The molecule has 1 fully saturated rings. The number of hydrogen-bond acceptors (Lipinski definition) is 7. The highest BCUT2D eigenvalue weighted by atomic mass is 32.2. The number of nitrogens with zero attached hydrogens (tertiary/aromatic N) is 2. The van der Waals surface area contributed by atoms with Gasteiger partial charge in [-0.05, 0) is 60.2 Å². The minimum absolute atomic E-state index is 0.0633. The summed E-state index contributed by atoms with van der Waals surface area (Å²) in [5.74, 6) is 0.962. The van der Waals surface area contributed by atoms with E-state index in [1.165, 1.54) is 18.2 Å². The van der Waals surface area contributed by atoms with Gasteiger partial charge < -0.3 is 14.6 Å². The van der Waals surface area contributed by atoms with Crippen molar-refractivity contribution < 1.29 is 45.1 Å². The molecule has 2 aliphatic heterocycles. The monoisotopic (exact) mass is 682 g/mol. The number of hydrogen-bond donors (Lipinski definition) is 2. The molecule has 0 saturated carbocycles. The van der Waals surface area contributed by atoms with Crippen molar-refractivity contribution in [2.75, 3.05) is 32.9 Å². The van der Waals surface area contributed by atoms with Gasteiger partial charge in [0.15, 0.2) is 6.10 Å². The molecule has 0 aliphatic carbocycles. The number of phenolic OH excluding ortho intramolecular Hbond substituents is 1. The van der Waals surface area contributed by atoms with Crippen molar-refractivity contribution in [1.29, 1.82) is 0 Å². The highest BCUT2D eigenvalue weighted by Crippen LogP contribution is 2.48. The standard InChI is InChI=1S/C29H24F4N2O3.C6H6O3S/c30-13-17-15-35(16-17)9-10-37-21-5-1-18(2-6-21)28-27-23-8-4-20(36)12-25(23)34-14-24(27)22-7-3-19(29(31,32)33)11-26(22)38-28;7-10(8,9)6-4-2-1-3-5-6/h1-8,11-12,14,17,28,36H,9-10,13,15-16H2;1-5H,(H,7,8,9). The molecule has 1 unspecified atom stereocenters. The van der Waals surface area contributed by atoms with E-state index >= 15 is 0 Å². The summed E-state index contributed by atoms with van der Waals surface area (Å²) in [6, 6.07) is 23.0. The third kappa shape index (κ3) is 7.23. The smallest absolute Gasteiger partial charge is 0.416 e. The summed E-state index contributed by atoms with van der Waals surface area (Å²) in [5.41, 5.74) is 2.44. The summed E-state index contributed by atoms with van der Waals surface area (Å²) in [7, 11) is -4.00. The lowest BCUT2D eigenvalue weighted by Crippen LogP contribution is -2.49. The molecule has 0 spiro atoms. The summed E-state index contributed by atoms with van der Waals surface area (Å²) in [5, 5.41) is 10.7. The Balaban J connectivity index is 0.000000345. The molecule has 13 heteroatoms. The Kier molecular flexibility index (Phi) is 9.28. The maximum atomic E-state index is 13.5. The van der Waals surface area contributed by atoms with Crippen LogP contribution in [0.2, 0.25) is 0 Å². The third-order valence-electron chi connectivity index (χ3n) is 8.15. The number of fused-ring (bicyclic) bond motifs is 5. The van der Waals surface area contributed by atoms with Gasteiger partial charge in [-0.2, -0.15) is 21.6 Å². The van der Waals surface area contributed by atoms with Gasteiger partial charge in [0.1, 0.15) is 23.9 Å². The summed E-state index contributed by atoms with van der Waals surface area (Å²) in [4.78, 5) is 6.51. The zero-order chi connectivity index (χ0) is 34.1. The van der Waals surface area contributed by atoms with E-state index in [0.29, 0.717) is 35.5 Å². The fourth-order valence-electron chi connectivity index (χ4n) is 5.72. The number of halogens is 4. The average Bonchev–Trinajstić information content (AvgIpc) is 3.05. The van der Waals surface area contributed by atoms with E-state index in [9.17, 15) is 31.1 Å². The molecule has 4 aromatic carbocycles. The molecule has 2 aliphatic rings. The molecule has 0 bridgehead atoms. The first-order valence-corrected chi connectivity index (χ1v) is 16.4. The molecule has 0 amide bonds. The van der Waals surface area contributed by atoms with E-state index in [4.69, 9.17) is 14.0 Å². The van der Waals surface area contributed by atoms with Gasteiger partial charge in [-0.25, -0.2) is 0 Å². The number of alkyl halides is 4. The van der Waals surface area contributed by atoms with Crippen molar-refractivity contribution in [3.8, 4) is 28.4 Å². The average molecular weight is 683 g/mol. The summed E-state index contributed by atoms with van der Waals surface area (Å²) >= 11 is 0. The number of likely N-dealkylation sites (tertiary alicyclic amines) is 1. The van der Waals surface area contributed by atoms with Crippen LogP contribution >= 0.6 is 0 Å². The predicted molar refractivity (Wildman–Crippen MR) is 170 cm³/mol. The molecule has 0 radical (unpaired) electrons. The van der Waals surface area contributed by atoms with Crippen LogP contribution in [0.4, 0.5) is 17.6 Å². The second-order valence-electron chi connectivity index (χ2n) is 11.5. The lowest BCUT2D eigenvalue weighted by atomic mass is 9.87. The van der Waals surface area contributed by atoms with Crippen LogP contribution in [0.1, 0.15) is 22.8 Å². The number of aromatic nitrogens is 1. The van der Waals surface area contributed by atoms with Crippen molar-refractivity contribution >= 4 is 21.0 Å². The first-order chi connectivity index (χ1) is 22.9. The normalized spacial score (nSPS) is 16.1. The van der Waals surface area contributed by atoms with Crippen molar-refractivity contribution in [1.82, 2.24) is 9.88 Å². The summed E-state index contributed by atoms with van der Waals surface area (Å²) in [6.07, 6.45) is -3.60. The Labute approximate surface area is 273 Å². The van der Waals surface area contributed by atoms with Gasteiger partial charge in [-0.1, -0.05) is 30.3 Å². The van der Waals surface area contributed by atoms with E-state index in [1.54, 1.807) is 54.7 Å². The van der Waals surface area contributed by atoms with Crippen molar-refractivity contribution in [3.05, 3.63) is 114 Å². The molecule has 1 aromatic heterocycles. The van der Waals surface area contributed by atoms with Gasteiger partial charge in [0.2, 0.25) is 0 Å². The number of pyridine rings is 1. The maximum absolute atomic E-state index is 13.5. The van der Waals surface area contributed by atoms with Crippen LogP contribution in [0, 0.1) is 5.92 Å². The van der Waals surface area contributed by atoms with Gasteiger partial charge in [0.25, 0.3) is 10.1 Å². The molecule has 2 N–H and O–H groups in total. The van der Waals surface area contributed by atoms with Crippen LogP contribution in [0.5, 0.6) is 17.2 Å². The van der Waals surface area contributed by atoms with Gasteiger partial charge in [0.05, 0.1) is 22.7 Å². The molecule has 1 atom stereocenters. The Morgan fingerprint density at radius 2 is 1.67 bits per heavy atom. The highest BCUT2D eigenvalue weighted by Gasteiger charge is 2.35. The lowest BCUT2D eigenvalue weighted by molar-refractivity contribution is -0.137. The van der Waals surface area contributed by atoms with Crippen LogP contribution in [0.25, 0.3) is 22.0 Å². The number of aromatic hydroxyl groups is 1. The molecule has 48 heavy (non-hydrogen) atoms. The Hall–Kier alpha value is -4.72. The first kappa shape index (κ1) is 33.2.